The van der Waals surface area contributed by atoms with Crippen LogP contribution in [0.15, 0.2) is 20.8 Å². The zero-order chi connectivity index (χ0) is 22.9. The van der Waals surface area contributed by atoms with Gasteiger partial charge in [0.25, 0.3) is 0 Å². The molecular formula is C24H46O4SiSn. The van der Waals surface area contributed by atoms with Gasteiger partial charge in [0.05, 0.1) is 0 Å². The van der Waals surface area contributed by atoms with Gasteiger partial charge in [0.15, 0.2) is 0 Å². The van der Waals surface area contributed by atoms with Crippen LogP contribution in [0.3, 0.4) is 0 Å². The van der Waals surface area contributed by atoms with Crippen LogP contribution in [-0.2, 0) is 19.0 Å². The minimum atomic E-state index is -2.19. The average Bonchev–Trinajstić information content (AvgIpc) is 2.95. The summed E-state index contributed by atoms with van der Waals surface area (Å²) < 4.78 is 18.2. The molecule has 1 heterocycles. The SMILES string of the molecule is C/C(=C\CC[C@H](C)C[C@@H]1C/C(=[C](/C)[Sn]([CH3])([CH3])[CH3])C(=O)O1)COCOCC[Si](C)(C)C. The summed E-state index contributed by atoms with van der Waals surface area (Å²) in [4.78, 5) is 19.4. The number of ether oxygens (including phenoxy) is 3. The summed E-state index contributed by atoms with van der Waals surface area (Å²) in [5.41, 5.74) is 2.23. The Labute approximate surface area is 190 Å². The van der Waals surface area contributed by atoms with Crippen LogP contribution in [0.1, 0.15) is 46.5 Å². The first-order chi connectivity index (χ1) is 13.8. The molecule has 174 valence electrons. The van der Waals surface area contributed by atoms with E-state index >= 15 is 0 Å². The molecule has 30 heavy (non-hydrogen) atoms. The quantitative estimate of drug-likeness (QED) is 0.0656. The van der Waals surface area contributed by atoms with E-state index in [0.29, 0.717) is 19.3 Å². The van der Waals surface area contributed by atoms with Gasteiger partial charge in [-0.05, 0) is 6.04 Å². The van der Waals surface area contributed by atoms with Gasteiger partial charge < -0.3 is 4.74 Å². The first-order valence-corrected chi connectivity index (χ1v) is 25.2. The van der Waals surface area contributed by atoms with Crippen molar-refractivity contribution < 1.29 is 19.0 Å². The molecule has 1 aliphatic heterocycles. The molecule has 0 unspecified atom stereocenters. The van der Waals surface area contributed by atoms with Crippen LogP contribution < -0.4 is 0 Å². The van der Waals surface area contributed by atoms with Crippen molar-refractivity contribution in [2.24, 2.45) is 5.92 Å². The Morgan fingerprint density at radius 1 is 1.23 bits per heavy atom. The smallest absolute Gasteiger partial charge is 0.356 e. The topological polar surface area (TPSA) is 44.8 Å². The minimum Gasteiger partial charge on any atom is -0.356 e. The van der Waals surface area contributed by atoms with E-state index in [1.165, 1.54) is 15.2 Å². The van der Waals surface area contributed by atoms with Gasteiger partial charge in [-0.3, -0.25) is 0 Å². The molecule has 0 bridgehead atoms. The fraction of sp³-hybridized carbons (Fsp3) is 0.792. The first-order valence-electron chi connectivity index (χ1n) is 11.5. The standard InChI is InChI=1S/C21H37O4Si.3CH3.Sn/c1-7-19-14-20(25-21(19)22)13-17(2)9-8-10-18(3)15-24-16-23-11-12-26(4,5)6;;;;/h10,17,20H,8-9,11-16H2,1-6H3;3*1H3;/b18-10+,19-7?;;;;/t17-,20+;;;;/m0..../s1. The van der Waals surface area contributed by atoms with E-state index in [2.05, 4.69) is 61.3 Å². The van der Waals surface area contributed by atoms with Crippen molar-refractivity contribution in [3.8, 4) is 0 Å². The second kappa shape index (κ2) is 12.8. The number of esters is 1. The van der Waals surface area contributed by atoms with E-state index in [1.807, 2.05) is 0 Å². The molecule has 1 saturated heterocycles. The van der Waals surface area contributed by atoms with Crippen molar-refractivity contribution in [1.82, 2.24) is 0 Å². The predicted octanol–water partition coefficient (Wildman–Crippen LogP) is 6.58. The van der Waals surface area contributed by atoms with E-state index < -0.39 is 26.5 Å². The molecule has 4 nitrogen and oxygen atoms in total. The molecule has 0 N–H and O–H groups in total. The fourth-order valence-corrected chi connectivity index (χ4v) is 7.33. The van der Waals surface area contributed by atoms with E-state index in [0.717, 1.165) is 37.9 Å². The number of rotatable bonds is 13. The van der Waals surface area contributed by atoms with Crippen molar-refractivity contribution in [2.45, 2.75) is 93.1 Å². The van der Waals surface area contributed by atoms with E-state index in [9.17, 15) is 4.79 Å². The predicted molar refractivity (Wildman–Crippen MR) is 132 cm³/mol. The molecule has 2 atom stereocenters. The molecule has 1 rings (SSSR count). The van der Waals surface area contributed by atoms with E-state index in [4.69, 9.17) is 14.2 Å². The van der Waals surface area contributed by atoms with Crippen molar-refractivity contribution >= 4 is 32.4 Å². The molecule has 0 aromatic heterocycles. The van der Waals surface area contributed by atoms with Crippen molar-refractivity contribution in [2.75, 3.05) is 20.0 Å². The van der Waals surface area contributed by atoms with Gasteiger partial charge in [-0.25, -0.2) is 0 Å². The third-order valence-electron chi connectivity index (χ3n) is 5.84. The average molecular weight is 545 g/mol. The molecule has 1 fully saturated rings. The fourth-order valence-electron chi connectivity index (χ4n) is 3.40. The molecule has 0 aromatic carbocycles. The number of cyclic esters (lactones) is 1. The first kappa shape index (κ1) is 27.9. The van der Waals surface area contributed by atoms with E-state index in [-0.39, 0.29) is 12.1 Å². The Morgan fingerprint density at radius 2 is 1.90 bits per heavy atom. The van der Waals surface area contributed by atoms with E-state index in [1.54, 1.807) is 0 Å². The number of hydrogen-bond donors (Lipinski definition) is 0. The van der Waals surface area contributed by atoms with Crippen LogP contribution in [0.2, 0.25) is 40.5 Å². The Kier molecular flexibility index (Phi) is 11.9. The normalized spacial score (nSPS) is 21.0. The Bertz CT molecular complexity index is 614. The summed E-state index contributed by atoms with van der Waals surface area (Å²) in [6, 6.07) is 1.18. The Balaban J connectivity index is 2.27. The summed E-state index contributed by atoms with van der Waals surface area (Å²) >= 11 is -2.19. The van der Waals surface area contributed by atoms with Gasteiger partial charge in [0.2, 0.25) is 0 Å². The zero-order valence-electron chi connectivity index (χ0n) is 21.0. The van der Waals surface area contributed by atoms with Gasteiger partial charge in [-0.2, -0.15) is 0 Å². The van der Waals surface area contributed by atoms with Crippen molar-refractivity contribution in [3.05, 3.63) is 20.8 Å². The summed E-state index contributed by atoms with van der Waals surface area (Å²) in [6.07, 6.45) is 6.23. The summed E-state index contributed by atoms with van der Waals surface area (Å²) in [6.45, 7) is 15.4. The maximum atomic E-state index is 12.3. The van der Waals surface area contributed by atoms with Crippen LogP contribution in [0.25, 0.3) is 0 Å². The van der Waals surface area contributed by atoms with Gasteiger partial charge in [-0.15, -0.1) is 0 Å². The molecule has 6 heteroatoms. The van der Waals surface area contributed by atoms with Gasteiger partial charge in [0.1, 0.15) is 6.79 Å². The molecule has 0 aromatic rings. The number of carbonyl (C=O) groups is 1. The third-order valence-corrected chi connectivity index (χ3v) is 14.8. The summed E-state index contributed by atoms with van der Waals surface area (Å²) in [5.74, 6) is 0.478. The van der Waals surface area contributed by atoms with Gasteiger partial charge in [-0.1, -0.05) is 19.6 Å². The summed E-state index contributed by atoms with van der Waals surface area (Å²) in [7, 11) is -1.02. The summed E-state index contributed by atoms with van der Waals surface area (Å²) in [5, 5.41) is 0. The van der Waals surface area contributed by atoms with Crippen LogP contribution in [0.5, 0.6) is 0 Å². The van der Waals surface area contributed by atoms with Crippen LogP contribution in [0, 0.1) is 5.92 Å². The second-order valence-electron chi connectivity index (χ2n) is 11.2. The van der Waals surface area contributed by atoms with Crippen molar-refractivity contribution in [3.63, 3.8) is 0 Å². The van der Waals surface area contributed by atoms with Gasteiger partial charge in [0, 0.05) is 14.7 Å². The molecular weight excluding hydrogens is 499 g/mol. The number of carbonyl (C=O) groups excluding carboxylic acids is 1. The second-order valence-corrected chi connectivity index (χ2v) is 31.8. The zero-order valence-corrected chi connectivity index (χ0v) is 24.9. The minimum absolute atomic E-state index is 0.0590. The Hall–Kier alpha value is -0.114. The van der Waals surface area contributed by atoms with Crippen molar-refractivity contribution in [1.29, 1.82) is 0 Å². The molecule has 0 saturated carbocycles. The molecule has 0 radical (unpaired) electrons. The molecule has 1 aliphatic rings. The maximum absolute atomic E-state index is 12.3. The number of hydrogen-bond acceptors (Lipinski definition) is 4. The molecule has 0 aliphatic carbocycles. The van der Waals surface area contributed by atoms with Gasteiger partial charge >= 0.3 is 139 Å². The molecule has 0 amide bonds. The molecule has 0 spiro atoms. The number of allylic oxidation sites excluding steroid dienone is 2. The monoisotopic (exact) mass is 546 g/mol. The third kappa shape index (κ3) is 11.5. The van der Waals surface area contributed by atoms with Crippen LogP contribution >= 0.6 is 0 Å². The van der Waals surface area contributed by atoms with Crippen LogP contribution in [-0.4, -0.2) is 58.5 Å². The van der Waals surface area contributed by atoms with Crippen LogP contribution in [0.4, 0.5) is 0 Å². The Morgan fingerprint density at radius 3 is 2.50 bits per heavy atom.